The highest BCUT2D eigenvalue weighted by Gasteiger charge is 2.25. The lowest BCUT2D eigenvalue weighted by molar-refractivity contribution is 0.0918. The Labute approximate surface area is 81.3 Å². The maximum Gasteiger partial charge on any atom is 0.274 e. The Morgan fingerprint density at radius 1 is 1.86 bits per heavy atom. The summed E-state index contributed by atoms with van der Waals surface area (Å²) in [5, 5.41) is 20.8. The minimum absolute atomic E-state index is 0.180. The number of nitriles is 1. The molecule has 0 spiro atoms. The third-order valence-electron chi connectivity index (χ3n) is 1.99. The van der Waals surface area contributed by atoms with Gasteiger partial charge in [0.15, 0.2) is 5.69 Å². The first-order valence-electron chi connectivity index (χ1n) is 4.21. The van der Waals surface area contributed by atoms with Gasteiger partial charge in [-0.2, -0.15) is 20.7 Å². The first-order valence-corrected chi connectivity index (χ1v) is 4.21. The zero-order valence-corrected chi connectivity index (χ0v) is 8.03. The third-order valence-corrected chi connectivity index (χ3v) is 1.99. The highest BCUT2D eigenvalue weighted by atomic mass is 16.2. The monoisotopic (exact) mass is 193 g/mol. The van der Waals surface area contributed by atoms with Gasteiger partial charge in [-0.3, -0.25) is 4.79 Å². The summed E-state index contributed by atoms with van der Waals surface area (Å²) < 4.78 is 0. The summed E-state index contributed by atoms with van der Waals surface area (Å²) in [7, 11) is 0. The van der Waals surface area contributed by atoms with Crippen molar-refractivity contribution in [1.29, 1.82) is 5.26 Å². The Balaban J connectivity index is 2.71. The molecule has 1 atom stereocenters. The maximum atomic E-state index is 11.5. The topological polar surface area (TPSA) is 94.5 Å². The number of rotatable bonds is 3. The number of hydrogen-bond donors (Lipinski definition) is 2. The summed E-state index contributed by atoms with van der Waals surface area (Å²) in [6.45, 7) is 3.48. The van der Waals surface area contributed by atoms with Gasteiger partial charge in [-0.15, -0.1) is 0 Å². The molecular weight excluding hydrogens is 182 g/mol. The fourth-order valence-corrected chi connectivity index (χ4v) is 0.821. The van der Waals surface area contributed by atoms with Crippen LogP contribution in [0.15, 0.2) is 6.20 Å². The predicted molar refractivity (Wildman–Crippen MR) is 48.2 cm³/mol. The Morgan fingerprint density at radius 3 is 3.00 bits per heavy atom. The summed E-state index contributed by atoms with van der Waals surface area (Å²) >= 11 is 0. The van der Waals surface area contributed by atoms with Crippen LogP contribution in [0.25, 0.3) is 0 Å². The summed E-state index contributed by atoms with van der Waals surface area (Å²) in [6, 6.07) is 2.03. The number of carbonyl (C=O) groups excluding carboxylic acids is 1. The van der Waals surface area contributed by atoms with Gasteiger partial charge in [-0.1, -0.05) is 6.92 Å². The number of hydrogen-bond acceptors (Lipinski definition) is 4. The Bertz CT molecular complexity index is 352. The standard InChI is InChI=1S/C8H11N5O/c1-3-8(2,5-9)11-7(14)6-4-10-13-12-6/h4H,3H2,1-2H3,(H,11,14)(H,10,12,13). The molecule has 0 saturated carbocycles. The Hall–Kier alpha value is -1.90. The van der Waals surface area contributed by atoms with Crippen LogP contribution in [0.5, 0.6) is 0 Å². The highest BCUT2D eigenvalue weighted by molar-refractivity contribution is 5.92. The SMILES string of the molecule is CCC(C)(C#N)NC(=O)c1cn[nH]n1. The van der Waals surface area contributed by atoms with Crippen molar-refractivity contribution >= 4 is 5.91 Å². The van der Waals surface area contributed by atoms with E-state index in [-0.39, 0.29) is 5.69 Å². The molecule has 0 saturated heterocycles. The van der Waals surface area contributed by atoms with Crippen LogP contribution in [0, 0.1) is 11.3 Å². The fourth-order valence-electron chi connectivity index (χ4n) is 0.821. The normalized spacial score (nSPS) is 14.1. The third kappa shape index (κ3) is 2.07. The lowest BCUT2D eigenvalue weighted by Gasteiger charge is -2.20. The van der Waals surface area contributed by atoms with Crippen molar-refractivity contribution in [3.63, 3.8) is 0 Å². The van der Waals surface area contributed by atoms with Crippen LogP contribution in [0.3, 0.4) is 0 Å². The molecule has 0 aliphatic heterocycles. The minimum atomic E-state index is -0.851. The minimum Gasteiger partial charge on any atom is -0.333 e. The van der Waals surface area contributed by atoms with Gasteiger partial charge in [0, 0.05) is 0 Å². The zero-order valence-electron chi connectivity index (χ0n) is 8.03. The van der Waals surface area contributed by atoms with Crippen LogP contribution >= 0.6 is 0 Å². The van der Waals surface area contributed by atoms with Crippen molar-refractivity contribution in [3.05, 3.63) is 11.9 Å². The summed E-state index contributed by atoms with van der Waals surface area (Å²) in [6.07, 6.45) is 1.84. The summed E-state index contributed by atoms with van der Waals surface area (Å²) in [5.74, 6) is -0.398. The van der Waals surface area contributed by atoms with E-state index in [1.807, 2.05) is 13.0 Å². The van der Waals surface area contributed by atoms with Crippen LogP contribution in [-0.4, -0.2) is 26.9 Å². The van der Waals surface area contributed by atoms with Crippen molar-refractivity contribution in [3.8, 4) is 6.07 Å². The Morgan fingerprint density at radius 2 is 2.57 bits per heavy atom. The molecule has 0 radical (unpaired) electrons. The number of nitrogens with zero attached hydrogens (tertiary/aromatic N) is 3. The second-order valence-electron chi connectivity index (χ2n) is 3.11. The molecule has 0 bridgehead atoms. The molecule has 0 aromatic carbocycles. The van der Waals surface area contributed by atoms with Crippen molar-refractivity contribution in [2.75, 3.05) is 0 Å². The van der Waals surface area contributed by atoms with E-state index in [0.717, 1.165) is 0 Å². The molecule has 1 aromatic heterocycles. The van der Waals surface area contributed by atoms with Crippen LogP contribution < -0.4 is 5.32 Å². The van der Waals surface area contributed by atoms with E-state index in [1.54, 1.807) is 6.92 Å². The average Bonchev–Trinajstić information content (AvgIpc) is 2.70. The number of H-pyrrole nitrogens is 1. The van der Waals surface area contributed by atoms with Crippen molar-refractivity contribution in [2.45, 2.75) is 25.8 Å². The van der Waals surface area contributed by atoms with Crippen molar-refractivity contribution in [2.24, 2.45) is 0 Å². The number of nitrogens with one attached hydrogen (secondary N) is 2. The van der Waals surface area contributed by atoms with E-state index >= 15 is 0 Å². The van der Waals surface area contributed by atoms with E-state index in [4.69, 9.17) is 5.26 Å². The van der Waals surface area contributed by atoms with E-state index in [9.17, 15) is 4.79 Å². The molecule has 1 amide bonds. The van der Waals surface area contributed by atoms with Gasteiger partial charge in [-0.25, -0.2) is 0 Å². The van der Waals surface area contributed by atoms with E-state index in [0.29, 0.717) is 6.42 Å². The second-order valence-corrected chi connectivity index (χ2v) is 3.11. The van der Waals surface area contributed by atoms with Crippen molar-refractivity contribution in [1.82, 2.24) is 20.7 Å². The molecule has 0 fully saturated rings. The Kier molecular flexibility index (Phi) is 2.82. The molecule has 0 aliphatic carbocycles. The molecule has 14 heavy (non-hydrogen) atoms. The molecule has 6 heteroatoms. The van der Waals surface area contributed by atoms with Crippen LogP contribution in [0.1, 0.15) is 30.8 Å². The first-order chi connectivity index (χ1) is 6.61. The summed E-state index contributed by atoms with van der Waals surface area (Å²) in [5.41, 5.74) is -0.671. The highest BCUT2D eigenvalue weighted by Crippen LogP contribution is 2.07. The molecule has 1 unspecified atom stereocenters. The summed E-state index contributed by atoms with van der Waals surface area (Å²) in [4.78, 5) is 11.5. The molecule has 1 heterocycles. The predicted octanol–water partition coefficient (Wildman–Crippen LogP) is 0.227. The van der Waals surface area contributed by atoms with E-state index < -0.39 is 11.4 Å². The smallest absolute Gasteiger partial charge is 0.274 e. The van der Waals surface area contributed by atoms with Gasteiger partial charge < -0.3 is 5.32 Å². The lowest BCUT2D eigenvalue weighted by atomic mass is 10.0. The first kappa shape index (κ1) is 10.2. The molecule has 1 rings (SSSR count). The van der Waals surface area contributed by atoms with Gasteiger partial charge in [0.05, 0.1) is 12.3 Å². The molecule has 74 valence electrons. The van der Waals surface area contributed by atoms with Gasteiger partial charge in [0.1, 0.15) is 5.54 Å². The average molecular weight is 193 g/mol. The quantitative estimate of drug-likeness (QED) is 0.718. The van der Waals surface area contributed by atoms with E-state index in [1.165, 1.54) is 6.20 Å². The van der Waals surface area contributed by atoms with Crippen LogP contribution in [-0.2, 0) is 0 Å². The lowest BCUT2D eigenvalue weighted by Crippen LogP contribution is -2.44. The number of aromatic nitrogens is 3. The zero-order chi connectivity index (χ0) is 10.6. The molecule has 1 aromatic rings. The number of amides is 1. The van der Waals surface area contributed by atoms with Crippen LogP contribution in [0.2, 0.25) is 0 Å². The number of aromatic amines is 1. The number of carbonyl (C=O) groups is 1. The maximum absolute atomic E-state index is 11.5. The van der Waals surface area contributed by atoms with Gasteiger partial charge in [-0.05, 0) is 13.3 Å². The van der Waals surface area contributed by atoms with Crippen molar-refractivity contribution < 1.29 is 4.79 Å². The van der Waals surface area contributed by atoms with E-state index in [2.05, 4.69) is 20.7 Å². The fraction of sp³-hybridized carbons (Fsp3) is 0.500. The largest absolute Gasteiger partial charge is 0.333 e. The molecule has 2 N–H and O–H groups in total. The molecule has 0 aliphatic rings. The molecular formula is C8H11N5O. The van der Waals surface area contributed by atoms with Gasteiger partial charge >= 0.3 is 0 Å². The molecule has 6 nitrogen and oxygen atoms in total. The second kappa shape index (κ2) is 3.87. The van der Waals surface area contributed by atoms with Gasteiger partial charge in [0.2, 0.25) is 0 Å². The van der Waals surface area contributed by atoms with Gasteiger partial charge in [0.25, 0.3) is 5.91 Å². The van der Waals surface area contributed by atoms with Crippen LogP contribution in [0.4, 0.5) is 0 Å².